The van der Waals surface area contributed by atoms with Gasteiger partial charge in [0.1, 0.15) is 23.2 Å². The second-order valence-corrected chi connectivity index (χ2v) is 4.13. The van der Waals surface area contributed by atoms with Crippen molar-refractivity contribution in [3.8, 4) is 5.75 Å². The standard InChI is InChI=1S/C11H11FN2OS/c12-8-2-1-3-10(4-8)15-6-11-14-9(5-13)7-16-11/h1-4,7H,5-6,13H2. The van der Waals surface area contributed by atoms with E-state index in [1.54, 1.807) is 12.1 Å². The Morgan fingerprint density at radius 1 is 1.44 bits per heavy atom. The molecule has 0 saturated carbocycles. The Hall–Kier alpha value is -1.46. The summed E-state index contributed by atoms with van der Waals surface area (Å²) in [6.07, 6.45) is 0. The number of nitrogens with two attached hydrogens (primary N) is 1. The molecule has 16 heavy (non-hydrogen) atoms. The van der Waals surface area contributed by atoms with Gasteiger partial charge in [0.05, 0.1) is 5.69 Å². The number of hydrogen-bond donors (Lipinski definition) is 1. The first-order valence-corrected chi connectivity index (χ1v) is 5.67. The van der Waals surface area contributed by atoms with Gasteiger partial charge in [-0.25, -0.2) is 9.37 Å². The summed E-state index contributed by atoms with van der Waals surface area (Å²) in [5, 5.41) is 2.73. The van der Waals surface area contributed by atoms with Crippen molar-refractivity contribution in [2.75, 3.05) is 0 Å². The molecule has 2 aromatic rings. The Labute approximate surface area is 96.7 Å². The summed E-state index contributed by atoms with van der Waals surface area (Å²) >= 11 is 1.49. The molecule has 0 fully saturated rings. The first-order chi connectivity index (χ1) is 7.78. The van der Waals surface area contributed by atoms with Crippen molar-refractivity contribution in [2.45, 2.75) is 13.2 Å². The van der Waals surface area contributed by atoms with Crippen LogP contribution in [0.1, 0.15) is 10.7 Å². The zero-order valence-corrected chi connectivity index (χ0v) is 9.34. The number of rotatable bonds is 4. The molecule has 5 heteroatoms. The highest BCUT2D eigenvalue weighted by Crippen LogP contribution is 2.16. The fourth-order valence-corrected chi connectivity index (χ4v) is 1.93. The van der Waals surface area contributed by atoms with Crippen LogP contribution < -0.4 is 10.5 Å². The molecular formula is C11H11FN2OS. The lowest BCUT2D eigenvalue weighted by molar-refractivity contribution is 0.303. The summed E-state index contributed by atoms with van der Waals surface area (Å²) in [5.41, 5.74) is 6.29. The summed E-state index contributed by atoms with van der Waals surface area (Å²) in [6.45, 7) is 0.768. The van der Waals surface area contributed by atoms with Crippen LogP contribution in [0.25, 0.3) is 0 Å². The zero-order chi connectivity index (χ0) is 11.4. The van der Waals surface area contributed by atoms with Gasteiger partial charge in [0.15, 0.2) is 0 Å². The van der Waals surface area contributed by atoms with E-state index < -0.39 is 0 Å². The quantitative estimate of drug-likeness (QED) is 0.889. The molecule has 0 aliphatic rings. The number of halogens is 1. The number of aromatic nitrogens is 1. The van der Waals surface area contributed by atoms with E-state index in [-0.39, 0.29) is 5.82 Å². The van der Waals surface area contributed by atoms with Crippen LogP contribution in [-0.4, -0.2) is 4.98 Å². The highest BCUT2D eigenvalue weighted by atomic mass is 32.1. The predicted octanol–water partition coefficient (Wildman–Crippen LogP) is 2.32. The van der Waals surface area contributed by atoms with Gasteiger partial charge in [0, 0.05) is 18.0 Å². The van der Waals surface area contributed by atoms with Crippen LogP contribution in [-0.2, 0) is 13.2 Å². The summed E-state index contributed by atoms with van der Waals surface area (Å²) in [6, 6.07) is 6.04. The Balaban J connectivity index is 1.96. The average Bonchev–Trinajstić information content (AvgIpc) is 2.74. The molecular weight excluding hydrogens is 227 g/mol. The normalized spacial score (nSPS) is 10.4. The summed E-state index contributed by atoms with van der Waals surface area (Å²) in [7, 11) is 0. The summed E-state index contributed by atoms with van der Waals surface area (Å²) in [4.78, 5) is 4.24. The number of thiazole rings is 1. The molecule has 3 nitrogen and oxygen atoms in total. The largest absolute Gasteiger partial charge is 0.486 e. The molecule has 0 saturated heterocycles. The number of hydrogen-bond acceptors (Lipinski definition) is 4. The van der Waals surface area contributed by atoms with Crippen molar-refractivity contribution in [3.05, 3.63) is 46.2 Å². The summed E-state index contributed by atoms with van der Waals surface area (Å²) in [5.74, 6) is 0.198. The molecule has 0 amide bonds. The molecule has 2 N–H and O–H groups in total. The monoisotopic (exact) mass is 238 g/mol. The van der Waals surface area contributed by atoms with E-state index in [2.05, 4.69) is 4.98 Å². The average molecular weight is 238 g/mol. The molecule has 84 valence electrons. The van der Waals surface area contributed by atoms with Gasteiger partial charge >= 0.3 is 0 Å². The molecule has 0 spiro atoms. The fourth-order valence-electron chi connectivity index (χ4n) is 1.21. The highest BCUT2D eigenvalue weighted by Gasteiger charge is 2.02. The molecule has 0 aliphatic carbocycles. The van der Waals surface area contributed by atoms with Crippen LogP contribution >= 0.6 is 11.3 Å². The maximum absolute atomic E-state index is 12.8. The second-order valence-electron chi connectivity index (χ2n) is 3.18. The second kappa shape index (κ2) is 5.05. The van der Waals surface area contributed by atoms with Crippen LogP contribution in [0.3, 0.4) is 0 Å². The van der Waals surface area contributed by atoms with Crippen LogP contribution in [0, 0.1) is 5.82 Å². The van der Waals surface area contributed by atoms with Crippen molar-refractivity contribution in [3.63, 3.8) is 0 Å². The number of ether oxygens (including phenoxy) is 1. The van der Waals surface area contributed by atoms with E-state index in [9.17, 15) is 4.39 Å². The van der Waals surface area contributed by atoms with E-state index in [0.717, 1.165) is 10.7 Å². The Kier molecular flexibility index (Phi) is 3.48. The van der Waals surface area contributed by atoms with E-state index in [1.165, 1.54) is 23.5 Å². The molecule has 1 aromatic heterocycles. The van der Waals surface area contributed by atoms with E-state index in [4.69, 9.17) is 10.5 Å². The van der Waals surface area contributed by atoms with Crippen molar-refractivity contribution >= 4 is 11.3 Å². The third-order valence-electron chi connectivity index (χ3n) is 1.97. The smallest absolute Gasteiger partial charge is 0.140 e. The SMILES string of the molecule is NCc1csc(COc2cccc(F)c2)n1. The topological polar surface area (TPSA) is 48.1 Å². The summed E-state index contributed by atoms with van der Waals surface area (Å²) < 4.78 is 18.2. The Morgan fingerprint density at radius 2 is 2.31 bits per heavy atom. The lowest BCUT2D eigenvalue weighted by Gasteiger charge is -2.03. The van der Waals surface area contributed by atoms with Crippen LogP contribution in [0.15, 0.2) is 29.6 Å². The molecule has 0 unspecified atom stereocenters. The number of nitrogens with zero attached hydrogens (tertiary/aromatic N) is 1. The van der Waals surface area contributed by atoms with Crippen LogP contribution in [0.2, 0.25) is 0 Å². The lowest BCUT2D eigenvalue weighted by Crippen LogP contribution is -1.99. The predicted molar refractivity (Wildman–Crippen MR) is 60.7 cm³/mol. The minimum atomic E-state index is -0.306. The third kappa shape index (κ3) is 2.77. The Morgan fingerprint density at radius 3 is 3.00 bits per heavy atom. The van der Waals surface area contributed by atoms with Crippen LogP contribution in [0.5, 0.6) is 5.75 Å². The number of benzene rings is 1. The first kappa shape index (κ1) is 11.0. The minimum absolute atomic E-state index is 0.306. The van der Waals surface area contributed by atoms with Crippen molar-refractivity contribution in [1.29, 1.82) is 0 Å². The zero-order valence-electron chi connectivity index (χ0n) is 8.52. The molecule has 1 aromatic carbocycles. The first-order valence-electron chi connectivity index (χ1n) is 4.79. The molecule has 0 radical (unpaired) electrons. The van der Waals surface area contributed by atoms with Crippen molar-refractivity contribution < 1.29 is 9.13 Å². The van der Waals surface area contributed by atoms with E-state index in [1.807, 2.05) is 5.38 Å². The highest BCUT2D eigenvalue weighted by molar-refractivity contribution is 7.09. The van der Waals surface area contributed by atoms with Gasteiger partial charge in [-0.05, 0) is 12.1 Å². The minimum Gasteiger partial charge on any atom is -0.486 e. The van der Waals surface area contributed by atoms with Gasteiger partial charge in [-0.1, -0.05) is 6.07 Å². The van der Waals surface area contributed by atoms with Gasteiger partial charge in [0.2, 0.25) is 0 Å². The third-order valence-corrected chi connectivity index (χ3v) is 2.84. The van der Waals surface area contributed by atoms with Gasteiger partial charge in [-0.3, -0.25) is 0 Å². The maximum atomic E-state index is 12.8. The molecule has 1 heterocycles. The molecule has 0 aliphatic heterocycles. The fraction of sp³-hybridized carbons (Fsp3) is 0.182. The van der Waals surface area contributed by atoms with Gasteiger partial charge in [-0.2, -0.15) is 0 Å². The van der Waals surface area contributed by atoms with Crippen molar-refractivity contribution in [1.82, 2.24) is 4.98 Å². The molecule has 2 rings (SSSR count). The van der Waals surface area contributed by atoms with Gasteiger partial charge < -0.3 is 10.5 Å². The maximum Gasteiger partial charge on any atom is 0.140 e. The van der Waals surface area contributed by atoms with Crippen LogP contribution in [0.4, 0.5) is 4.39 Å². The Bertz CT molecular complexity index is 473. The van der Waals surface area contributed by atoms with Gasteiger partial charge in [-0.15, -0.1) is 11.3 Å². The van der Waals surface area contributed by atoms with E-state index >= 15 is 0 Å². The van der Waals surface area contributed by atoms with Gasteiger partial charge in [0.25, 0.3) is 0 Å². The lowest BCUT2D eigenvalue weighted by atomic mass is 10.3. The van der Waals surface area contributed by atoms with E-state index in [0.29, 0.717) is 18.9 Å². The molecule has 0 atom stereocenters. The molecule has 0 bridgehead atoms. The van der Waals surface area contributed by atoms with Crippen molar-refractivity contribution in [2.24, 2.45) is 5.73 Å².